The van der Waals surface area contributed by atoms with Gasteiger partial charge >= 0.3 is 0 Å². The van der Waals surface area contributed by atoms with Crippen LogP contribution in [0.25, 0.3) is 0 Å². The van der Waals surface area contributed by atoms with Gasteiger partial charge in [0.1, 0.15) is 0 Å². The summed E-state index contributed by atoms with van der Waals surface area (Å²) >= 11 is 0. The van der Waals surface area contributed by atoms with Gasteiger partial charge in [0, 0.05) is 26.2 Å². The summed E-state index contributed by atoms with van der Waals surface area (Å²) in [5.41, 5.74) is 2.21. The third-order valence-electron chi connectivity index (χ3n) is 3.70. The first kappa shape index (κ1) is 16.4. The van der Waals surface area contributed by atoms with Crippen molar-refractivity contribution in [2.75, 3.05) is 26.3 Å². The first-order valence-corrected chi connectivity index (χ1v) is 8.89. The summed E-state index contributed by atoms with van der Waals surface area (Å²) in [6, 6.07) is 7.99. The van der Waals surface area contributed by atoms with Crippen molar-refractivity contribution in [2.45, 2.75) is 32.2 Å². The number of hydrogen-bond acceptors (Lipinski definition) is 4. The van der Waals surface area contributed by atoms with Crippen molar-refractivity contribution in [3.63, 3.8) is 0 Å². The summed E-state index contributed by atoms with van der Waals surface area (Å²) in [6.07, 6.45) is 0. The van der Waals surface area contributed by atoms with Gasteiger partial charge in [0.2, 0.25) is 10.0 Å². The summed E-state index contributed by atoms with van der Waals surface area (Å²) in [4.78, 5) is 2.33. The topological polar surface area (TPSA) is 58.6 Å². The zero-order valence-corrected chi connectivity index (χ0v) is 13.5. The third kappa shape index (κ3) is 4.78. The van der Waals surface area contributed by atoms with E-state index >= 15 is 0 Å². The van der Waals surface area contributed by atoms with E-state index < -0.39 is 15.3 Å². The van der Waals surface area contributed by atoms with Crippen molar-refractivity contribution in [2.24, 2.45) is 0 Å². The molecule has 0 unspecified atom stereocenters. The Morgan fingerprint density at radius 1 is 1.19 bits per heavy atom. The molecule has 21 heavy (non-hydrogen) atoms. The lowest BCUT2D eigenvalue weighted by atomic mass is 10.1. The lowest BCUT2D eigenvalue weighted by molar-refractivity contribution is 0.0341. The van der Waals surface area contributed by atoms with Crippen molar-refractivity contribution in [1.29, 1.82) is 0 Å². The Morgan fingerprint density at radius 2 is 1.81 bits per heavy atom. The van der Waals surface area contributed by atoms with E-state index in [-0.39, 0.29) is 0 Å². The molecule has 1 aliphatic rings. The molecule has 1 aromatic rings. The fourth-order valence-corrected chi connectivity index (χ4v) is 2.92. The molecule has 0 saturated carbocycles. The van der Waals surface area contributed by atoms with Gasteiger partial charge in [0.15, 0.2) is 0 Å². The fraction of sp³-hybridized carbons (Fsp3) is 0.600. The predicted octanol–water partition coefficient (Wildman–Crippen LogP) is 1.35. The summed E-state index contributed by atoms with van der Waals surface area (Å²) in [5, 5.41) is -0.413. The van der Waals surface area contributed by atoms with Crippen LogP contribution in [-0.4, -0.2) is 44.9 Å². The van der Waals surface area contributed by atoms with Gasteiger partial charge in [-0.05, 0) is 25.0 Å². The van der Waals surface area contributed by atoms with E-state index in [0.29, 0.717) is 6.54 Å². The molecule has 0 aromatic heterocycles. The Balaban J connectivity index is 2.02. The summed E-state index contributed by atoms with van der Waals surface area (Å²) in [7, 11) is -3.23. The van der Waals surface area contributed by atoms with Crippen LogP contribution < -0.4 is 4.72 Å². The van der Waals surface area contributed by atoms with Gasteiger partial charge < -0.3 is 4.74 Å². The Labute approximate surface area is 127 Å². The van der Waals surface area contributed by atoms with Gasteiger partial charge in [0.05, 0.1) is 18.5 Å². The minimum atomic E-state index is -3.23. The van der Waals surface area contributed by atoms with Gasteiger partial charge in [-0.3, -0.25) is 4.90 Å². The molecule has 0 amide bonds. The highest BCUT2D eigenvalue weighted by Gasteiger charge is 2.17. The molecule has 2 rings (SSSR count). The first-order valence-electron chi connectivity index (χ1n) is 7.34. The van der Waals surface area contributed by atoms with Gasteiger partial charge in [-0.1, -0.05) is 24.3 Å². The number of sulfonamides is 1. The third-order valence-corrected chi connectivity index (χ3v) is 5.49. The van der Waals surface area contributed by atoms with Crippen molar-refractivity contribution in [1.82, 2.24) is 9.62 Å². The average Bonchev–Trinajstić information content (AvgIpc) is 2.47. The molecule has 1 aliphatic heterocycles. The molecule has 5 nitrogen and oxygen atoms in total. The number of nitrogens with zero attached hydrogens (tertiary/aromatic N) is 1. The van der Waals surface area contributed by atoms with Crippen LogP contribution >= 0.6 is 0 Å². The molecule has 1 saturated heterocycles. The average molecular weight is 312 g/mol. The maximum Gasteiger partial charge on any atom is 0.214 e. The zero-order valence-electron chi connectivity index (χ0n) is 12.7. The largest absolute Gasteiger partial charge is 0.379 e. The predicted molar refractivity (Wildman–Crippen MR) is 83.4 cm³/mol. The van der Waals surface area contributed by atoms with E-state index in [1.54, 1.807) is 13.8 Å². The molecule has 0 bridgehead atoms. The maximum absolute atomic E-state index is 11.9. The molecule has 0 aliphatic carbocycles. The Morgan fingerprint density at radius 3 is 2.43 bits per heavy atom. The molecule has 118 valence electrons. The number of hydrogen-bond donors (Lipinski definition) is 1. The Bertz CT molecular complexity index is 552. The lowest BCUT2D eigenvalue weighted by Gasteiger charge is -2.27. The highest BCUT2D eigenvalue weighted by Crippen LogP contribution is 2.13. The number of rotatable bonds is 6. The molecular weight excluding hydrogens is 288 g/mol. The van der Waals surface area contributed by atoms with Gasteiger partial charge in [-0.2, -0.15) is 0 Å². The van der Waals surface area contributed by atoms with Crippen molar-refractivity contribution in [3.05, 3.63) is 35.4 Å². The van der Waals surface area contributed by atoms with Crippen molar-refractivity contribution >= 4 is 10.0 Å². The summed E-state index contributed by atoms with van der Waals surface area (Å²) in [6.45, 7) is 7.93. The minimum Gasteiger partial charge on any atom is -0.379 e. The quantitative estimate of drug-likeness (QED) is 0.861. The highest BCUT2D eigenvalue weighted by atomic mass is 32.2. The molecule has 1 aromatic carbocycles. The fourth-order valence-electron chi connectivity index (χ4n) is 2.23. The zero-order chi connectivity index (χ0) is 15.3. The number of nitrogens with one attached hydrogen (secondary N) is 1. The number of benzene rings is 1. The maximum atomic E-state index is 11.9. The normalized spacial score (nSPS) is 17.3. The molecule has 0 spiro atoms. The van der Waals surface area contributed by atoms with Crippen LogP contribution in [-0.2, 0) is 27.8 Å². The van der Waals surface area contributed by atoms with E-state index in [2.05, 4.69) is 15.7 Å². The van der Waals surface area contributed by atoms with Crippen LogP contribution in [0.15, 0.2) is 24.3 Å². The van der Waals surface area contributed by atoms with E-state index in [1.807, 2.05) is 18.2 Å². The second-order valence-electron chi connectivity index (χ2n) is 5.57. The van der Waals surface area contributed by atoms with E-state index in [4.69, 9.17) is 4.74 Å². The van der Waals surface area contributed by atoms with Crippen LogP contribution in [0.4, 0.5) is 0 Å². The van der Waals surface area contributed by atoms with Crippen LogP contribution in [0, 0.1) is 0 Å². The monoisotopic (exact) mass is 312 g/mol. The van der Waals surface area contributed by atoms with E-state index in [1.165, 1.54) is 5.56 Å². The lowest BCUT2D eigenvalue weighted by Crippen LogP contribution is -2.36. The van der Waals surface area contributed by atoms with Gasteiger partial charge in [-0.15, -0.1) is 0 Å². The second kappa shape index (κ2) is 7.35. The molecule has 0 radical (unpaired) electrons. The van der Waals surface area contributed by atoms with Crippen molar-refractivity contribution in [3.8, 4) is 0 Å². The van der Waals surface area contributed by atoms with Crippen molar-refractivity contribution < 1.29 is 13.2 Å². The van der Waals surface area contributed by atoms with Crippen LogP contribution in [0.1, 0.15) is 25.0 Å². The van der Waals surface area contributed by atoms with Gasteiger partial charge in [-0.25, -0.2) is 13.1 Å². The molecule has 0 atom stereocenters. The highest BCUT2D eigenvalue weighted by molar-refractivity contribution is 7.90. The standard InChI is InChI=1S/C15H24N2O3S/c1-13(2)21(18,19)16-11-14-5-3-4-6-15(14)12-17-7-9-20-10-8-17/h3-6,13,16H,7-12H2,1-2H3. The van der Waals surface area contributed by atoms with Gasteiger partial charge in [0.25, 0.3) is 0 Å². The SMILES string of the molecule is CC(C)S(=O)(=O)NCc1ccccc1CN1CCOCC1. The molecular formula is C15H24N2O3S. The molecule has 1 fully saturated rings. The summed E-state index contributed by atoms with van der Waals surface area (Å²) in [5.74, 6) is 0. The summed E-state index contributed by atoms with van der Waals surface area (Å²) < 4.78 is 31.8. The van der Waals surface area contributed by atoms with E-state index in [0.717, 1.165) is 38.4 Å². The number of morpholine rings is 1. The Hall–Kier alpha value is -0.950. The minimum absolute atomic E-state index is 0.348. The molecule has 1 heterocycles. The van der Waals surface area contributed by atoms with Crippen LogP contribution in [0.5, 0.6) is 0 Å². The second-order valence-corrected chi connectivity index (χ2v) is 7.89. The number of ether oxygens (including phenoxy) is 1. The molecule has 6 heteroatoms. The Kier molecular flexibility index (Phi) is 5.75. The smallest absolute Gasteiger partial charge is 0.214 e. The van der Waals surface area contributed by atoms with E-state index in [9.17, 15) is 8.42 Å². The van der Waals surface area contributed by atoms with Crippen LogP contribution in [0.3, 0.4) is 0 Å². The van der Waals surface area contributed by atoms with Crippen LogP contribution in [0.2, 0.25) is 0 Å². The molecule has 1 N–H and O–H groups in total. The first-order chi connectivity index (χ1) is 9.99.